The van der Waals surface area contributed by atoms with Crippen LogP contribution in [0.5, 0.6) is 0 Å². The lowest BCUT2D eigenvalue weighted by Gasteiger charge is -2.16. The van der Waals surface area contributed by atoms with Crippen LogP contribution in [0.2, 0.25) is 0 Å². The van der Waals surface area contributed by atoms with Crippen molar-refractivity contribution in [1.82, 2.24) is 0 Å². The summed E-state index contributed by atoms with van der Waals surface area (Å²) in [4.78, 5) is 35.7. The van der Waals surface area contributed by atoms with E-state index in [2.05, 4.69) is 10.6 Å². The predicted molar refractivity (Wildman–Crippen MR) is 100 cm³/mol. The molecular weight excluding hydrogens is 332 g/mol. The van der Waals surface area contributed by atoms with Gasteiger partial charge in [0.05, 0.1) is 5.56 Å². The van der Waals surface area contributed by atoms with E-state index in [4.69, 9.17) is 4.74 Å². The van der Waals surface area contributed by atoms with Crippen molar-refractivity contribution in [3.63, 3.8) is 0 Å². The second-order valence-electron chi connectivity index (χ2n) is 6.07. The van der Waals surface area contributed by atoms with Crippen LogP contribution in [0.4, 0.5) is 11.4 Å². The number of carbonyl (C=O) groups excluding carboxylic acids is 3. The number of nitrogens with one attached hydrogen (secondary N) is 2. The van der Waals surface area contributed by atoms with Gasteiger partial charge in [0.15, 0.2) is 6.10 Å². The molecule has 0 spiro atoms. The standard InChI is InChI=1S/C20H22N2O4/c1-12-7-5-8-13(2)18(12)22-19(24)14(3)26-20(25)16-9-6-10-17(11-16)21-15(4)23/h5-11,14H,1-4H3,(H,21,23)(H,22,24). The van der Waals surface area contributed by atoms with Crippen LogP contribution in [0.15, 0.2) is 42.5 Å². The number of benzene rings is 2. The fraction of sp³-hybridized carbons (Fsp3) is 0.250. The molecule has 2 N–H and O–H groups in total. The van der Waals surface area contributed by atoms with Crippen LogP contribution < -0.4 is 10.6 Å². The molecule has 26 heavy (non-hydrogen) atoms. The highest BCUT2D eigenvalue weighted by atomic mass is 16.5. The van der Waals surface area contributed by atoms with Gasteiger partial charge in [0.2, 0.25) is 5.91 Å². The first-order valence-corrected chi connectivity index (χ1v) is 8.23. The molecule has 136 valence electrons. The van der Waals surface area contributed by atoms with E-state index in [-0.39, 0.29) is 11.5 Å². The number of para-hydroxylation sites is 1. The summed E-state index contributed by atoms with van der Waals surface area (Å²) in [5, 5.41) is 5.39. The number of hydrogen-bond acceptors (Lipinski definition) is 4. The van der Waals surface area contributed by atoms with Gasteiger partial charge < -0.3 is 15.4 Å². The Bertz CT molecular complexity index is 825. The monoisotopic (exact) mass is 354 g/mol. The van der Waals surface area contributed by atoms with Crippen LogP contribution in [0.25, 0.3) is 0 Å². The average Bonchev–Trinajstić information content (AvgIpc) is 2.57. The number of esters is 1. The van der Waals surface area contributed by atoms with E-state index < -0.39 is 18.0 Å². The van der Waals surface area contributed by atoms with E-state index in [1.807, 2.05) is 32.0 Å². The van der Waals surface area contributed by atoms with Gasteiger partial charge in [0.25, 0.3) is 5.91 Å². The van der Waals surface area contributed by atoms with Gasteiger partial charge in [-0.3, -0.25) is 9.59 Å². The molecule has 2 aromatic rings. The molecule has 1 atom stereocenters. The SMILES string of the molecule is CC(=O)Nc1cccc(C(=O)OC(C)C(=O)Nc2c(C)cccc2C)c1. The van der Waals surface area contributed by atoms with Crippen molar-refractivity contribution in [2.75, 3.05) is 10.6 Å². The third kappa shape index (κ3) is 4.92. The minimum Gasteiger partial charge on any atom is -0.449 e. The van der Waals surface area contributed by atoms with Gasteiger partial charge in [0.1, 0.15) is 0 Å². The number of aryl methyl sites for hydroxylation is 2. The number of hydrogen-bond donors (Lipinski definition) is 2. The Morgan fingerprint density at radius 2 is 1.58 bits per heavy atom. The van der Waals surface area contributed by atoms with Crippen molar-refractivity contribution >= 4 is 29.2 Å². The van der Waals surface area contributed by atoms with Crippen molar-refractivity contribution in [2.45, 2.75) is 33.8 Å². The zero-order valence-electron chi connectivity index (χ0n) is 15.3. The highest BCUT2D eigenvalue weighted by Crippen LogP contribution is 2.20. The molecule has 0 aliphatic heterocycles. The summed E-state index contributed by atoms with van der Waals surface area (Å²) >= 11 is 0. The van der Waals surface area contributed by atoms with Crippen LogP contribution in [-0.4, -0.2) is 23.9 Å². The third-order valence-electron chi connectivity index (χ3n) is 3.80. The maximum Gasteiger partial charge on any atom is 0.338 e. The smallest absolute Gasteiger partial charge is 0.338 e. The van der Waals surface area contributed by atoms with E-state index in [1.165, 1.54) is 19.9 Å². The molecule has 0 heterocycles. The Morgan fingerprint density at radius 1 is 0.962 bits per heavy atom. The van der Waals surface area contributed by atoms with Crippen molar-refractivity contribution in [3.8, 4) is 0 Å². The Morgan fingerprint density at radius 3 is 2.19 bits per heavy atom. The minimum atomic E-state index is -0.967. The quantitative estimate of drug-likeness (QED) is 0.806. The Hall–Kier alpha value is -3.15. The van der Waals surface area contributed by atoms with Crippen molar-refractivity contribution < 1.29 is 19.1 Å². The minimum absolute atomic E-state index is 0.239. The fourth-order valence-corrected chi connectivity index (χ4v) is 2.45. The molecule has 0 aliphatic carbocycles. The molecular formula is C20H22N2O4. The Balaban J connectivity index is 2.04. The molecule has 0 radical (unpaired) electrons. The maximum absolute atomic E-state index is 12.4. The summed E-state index contributed by atoms with van der Waals surface area (Å²) in [6, 6.07) is 12.0. The van der Waals surface area contributed by atoms with Crippen LogP contribution in [0, 0.1) is 13.8 Å². The van der Waals surface area contributed by atoms with Crippen molar-refractivity contribution in [3.05, 3.63) is 59.2 Å². The van der Waals surface area contributed by atoms with Crippen LogP contribution >= 0.6 is 0 Å². The first kappa shape index (κ1) is 19.2. The number of ether oxygens (including phenoxy) is 1. The summed E-state index contributed by atoms with van der Waals surface area (Å²) < 4.78 is 5.25. The molecule has 6 heteroatoms. The molecule has 6 nitrogen and oxygen atoms in total. The zero-order valence-corrected chi connectivity index (χ0v) is 15.3. The van der Waals surface area contributed by atoms with Crippen LogP contribution in [-0.2, 0) is 14.3 Å². The van der Waals surface area contributed by atoms with Crippen molar-refractivity contribution in [2.24, 2.45) is 0 Å². The molecule has 0 fully saturated rings. The molecule has 0 aliphatic rings. The van der Waals surface area contributed by atoms with Gasteiger partial charge in [-0.1, -0.05) is 24.3 Å². The van der Waals surface area contributed by atoms with E-state index in [9.17, 15) is 14.4 Å². The van der Waals surface area contributed by atoms with Crippen LogP contribution in [0.3, 0.4) is 0 Å². The summed E-state index contributed by atoms with van der Waals surface area (Å²) in [6.45, 7) is 6.68. The molecule has 0 saturated heterocycles. The van der Waals surface area contributed by atoms with Crippen LogP contribution in [0.1, 0.15) is 35.3 Å². The maximum atomic E-state index is 12.4. The highest BCUT2D eigenvalue weighted by molar-refractivity contribution is 5.99. The Labute approximate surface area is 152 Å². The molecule has 0 saturated carbocycles. The van der Waals surface area contributed by atoms with E-state index in [0.717, 1.165) is 11.1 Å². The summed E-state index contributed by atoms with van der Waals surface area (Å²) in [5.41, 5.74) is 3.32. The van der Waals surface area contributed by atoms with Gasteiger partial charge in [-0.25, -0.2) is 4.79 Å². The average molecular weight is 354 g/mol. The molecule has 2 amide bonds. The molecule has 0 bridgehead atoms. The second-order valence-corrected chi connectivity index (χ2v) is 6.07. The topological polar surface area (TPSA) is 84.5 Å². The lowest BCUT2D eigenvalue weighted by atomic mass is 10.1. The van der Waals surface area contributed by atoms with E-state index in [1.54, 1.807) is 18.2 Å². The van der Waals surface area contributed by atoms with Gasteiger partial charge >= 0.3 is 5.97 Å². The summed E-state index contributed by atoms with van der Waals surface area (Å²) in [6.07, 6.45) is -0.967. The molecule has 1 unspecified atom stereocenters. The van der Waals surface area contributed by atoms with E-state index in [0.29, 0.717) is 11.4 Å². The fourth-order valence-electron chi connectivity index (χ4n) is 2.45. The normalized spacial score (nSPS) is 11.4. The second kappa shape index (κ2) is 8.29. The van der Waals surface area contributed by atoms with Gasteiger partial charge in [-0.2, -0.15) is 0 Å². The third-order valence-corrected chi connectivity index (χ3v) is 3.80. The van der Waals surface area contributed by atoms with Crippen molar-refractivity contribution in [1.29, 1.82) is 0 Å². The first-order chi connectivity index (χ1) is 12.3. The van der Waals surface area contributed by atoms with Gasteiger partial charge in [-0.15, -0.1) is 0 Å². The summed E-state index contributed by atoms with van der Waals surface area (Å²) in [7, 11) is 0. The lowest BCUT2D eigenvalue weighted by molar-refractivity contribution is -0.123. The number of carbonyl (C=O) groups is 3. The molecule has 2 aromatic carbocycles. The Kier molecular flexibility index (Phi) is 6.11. The molecule has 0 aromatic heterocycles. The van der Waals surface area contributed by atoms with Gasteiger partial charge in [-0.05, 0) is 50.1 Å². The predicted octanol–water partition coefficient (Wildman–Crippen LogP) is 3.45. The summed E-state index contributed by atoms with van der Waals surface area (Å²) in [5.74, 6) is -1.29. The zero-order chi connectivity index (χ0) is 19.3. The highest BCUT2D eigenvalue weighted by Gasteiger charge is 2.20. The largest absolute Gasteiger partial charge is 0.449 e. The number of anilines is 2. The first-order valence-electron chi connectivity index (χ1n) is 8.23. The number of amides is 2. The van der Waals surface area contributed by atoms with E-state index >= 15 is 0 Å². The lowest BCUT2D eigenvalue weighted by Crippen LogP contribution is -2.30. The number of rotatable bonds is 5. The molecule has 2 rings (SSSR count). The van der Waals surface area contributed by atoms with Gasteiger partial charge in [0, 0.05) is 18.3 Å².